The molecule has 1 fully saturated rings. The van der Waals surface area contributed by atoms with Crippen molar-refractivity contribution in [3.05, 3.63) is 59.7 Å². The van der Waals surface area contributed by atoms with Gasteiger partial charge in [0.15, 0.2) is 6.61 Å². The molecule has 5 heteroatoms. The second kappa shape index (κ2) is 9.42. The highest BCUT2D eigenvalue weighted by Gasteiger charge is 2.24. The van der Waals surface area contributed by atoms with E-state index in [0.29, 0.717) is 6.54 Å². The summed E-state index contributed by atoms with van der Waals surface area (Å²) in [7, 11) is 1.67. The molecule has 2 aromatic rings. The first-order valence-corrected chi connectivity index (χ1v) is 9.50. The Morgan fingerprint density at radius 2 is 1.81 bits per heavy atom. The van der Waals surface area contributed by atoms with E-state index in [0.717, 1.165) is 30.2 Å². The fraction of sp³-hybridized carbons (Fsp3) is 0.409. The summed E-state index contributed by atoms with van der Waals surface area (Å²) in [4.78, 5) is 14.7. The largest absolute Gasteiger partial charge is 0.497 e. The lowest BCUT2D eigenvalue weighted by atomic mass is 10.1. The normalized spacial score (nSPS) is 15.3. The van der Waals surface area contributed by atoms with Crippen molar-refractivity contribution in [2.24, 2.45) is 0 Å². The van der Waals surface area contributed by atoms with E-state index in [9.17, 15) is 4.79 Å². The minimum atomic E-state index is -0.101. The molecule has 2 aromatic carbocycles. The van der Waals surface area contributed by atoms with E-state index in [-0.39, 0.29) is 18.6 Å². The molecule has 3 rings (SSSR count). The van der Waals surface area contributed by atoms with Crippen molar-refractivity contribution < 1.29 is 14.3 Å². The van der Waals surface area contributed by atoms with E-state index in [4.69, 9.17) is 9.47 Å². The number of benzene rings is 2. The second-order valence-corrected chi connectivity index (χ2v) is 6.89. The number of para-hydroxylation sites is 1. The summed E-state index contributed by atoms with van der Waals surface area (Å²) in [6.45, 7) is 4.70. The van der Waals surface area contributed by atoms with Gasteiger partial charge in [0.1, 0.15) is 11.5 Å². The van der Waals surface area contributed by atoms with Crippen molar-refractivity contribution in [1.82, 2.24) is 10.2 Å². The van der Waals surface area contributed by atoms with Gasteiger partial charge in [0.2, 0.25) is 0 Å². The summed E-state index contributed by atoms with van der Waals surface area (Å²) >= 11 is 0. The number of amides is 1. The fourth-order valence-electron chi connectivity index (χ4n) is 3.46. The number of hydrogen-bond acceptors (Lipinski definition) is 4. The first-order chi connectivity index (χ1) is 13.2. The van der Waals surface area contributed by atoms with Crippen LogP contribution in [-0.2, 0) is 4.79 Å². The average molecular weight is 368 g/mol. The maximum atomic E-state index is 12.3. The molecule has 0 aliphatic carbocycles. The van der Waals surface area contributed by atoms with Crippen LogP contribution in [0.15, 0.2) is 48.5 Å². The Morgan fingerprint density at radius 1 is 1.11 bits per heavy atom. The second-order valence-electron chi connectivity index (χ2n) is 6.89. The molecule has 1 atom stereocenters. The Hall–Kier alpha value is -2.53. The summed E-state index contributed by atoms with van der Waals surface area (Å²) in [6, 6.07) is 16.0. The summed E-state index contributed by atoms with van der Waals surface area (Å²) in [5.41, 5.74) is 2.22. The van der Waals surface area contributed by atoms with Crippen LogP contribution in [0, 0.1) is 6.92 Å². The molecule has 27 heavy (non-hydrogen) atoms. The molecule has 0 saturated carbocycles. The number of hydrogen-bond donors (Lipinski definition) is 1. The van der Waals surface area contributed by atoms with E-state index in [2.05, 4.69) is 22.3 Å². The van der Waals surface area contributed by atoms with Gasteiger partial charge in [-0.15, -0.1) is 0 Å². The van der Waals surface area contributed by atoms with Gasteiger partial charge in [-0.25, -0.2) is 0 Å². The van der Waals surface area contributed by atoms with Crippen molar-refractivity contribution >= 4 is 5.91 Å². The highest BCUT2D eigenvalue weighted by atomic mass is 16.5. The lowest BCUT2D eigenvalue weighted by molar-refractivity contribution is -0.123. The number of ether oxygens (including phenoxy) is 2. The Labute approximate surface area is 161 Å². The third kappa shape index (κ3) is 5.23. The Morgan fingerprint density at radius 3 is 2.48 bits per heavy atom. The van der Waals surface area contributed by atoms with Crippen LogP contribution in [-0.4, -0.2) is 44.2 Å². The lowest BCUT2D eigenvalue weighted by Gasteiger charge is -2.28. The molecule has 1 aliphatic heterocycles. The van der Waals surface area contributed by atoms with Crippen molar-refractivity contribution in [3.63, 3.8) is 0 Å². The Bertz CT molecular complexity index is 739. The summed E-state index contributed by atoms with van der Waals surface area (Å²) in [6.07, 6.45) is 2.41. The van der Waals surface area contributed by atoms with E-state index in [1.165, 1.54) is 18.4 Å². The number of aryl methyl sites for hydroxylation is 1. The van der Waals surface area contributed by atoms with Crippen LogP contribution in [0.4, 0.5) is 0 Å². The van der Waals surface area contributed by atoms with Crippen molar-refractivity contribution in [2.75, 3.05) is 33.4 Å². The third-order valence-corrected chi connectivity index (χ3v) is 5.03. The van der Waals surface area contributed by atoms with Gasteiger partial charge in [0.25, 0.3) is 5.91 Å². The molecule has 0 spiro atoms. The molecule has 1 saturated heterocycles. The number of methoxy groups -OCH3 is 1. The highest BCUT2D eigenvalue weighted by Crippen LogP contribution is 2.26. The molecule has 1 aliphatic rings. The van der Waals surface area contributed by atoms with Gasteiger partial charge in [-0.1, -0.05) is 30.3 Å². The summed E-state index contributed by atoms with van der Waals surface area (Å²) in [5.74, 6) is 1.49. The molecule has 144 valence electrons. The molecule has 0 radical (unpaired) electrons. The van der Waals surface area contributed by atoms with E-state index >= 15 is 0 Å². The van der Waals surface area contributed by atoms with E-state index < -0.39 is 0 Å². The topological polar surface area (TPSA) is 50.8 Å². The number of carbonyl (C=O) groups is 1. The van der Waals surface area contributed by atoms with E-state index in [1.807, 2.05) is 43.3 Å². The highest BCUT2D eigenvalue weighted by molar-refractivity contribution is 5.77. The van der Waals surface area contributed by atoms with Crippen molar-refractivity contribution in [2.45, 2.75) is 25.8 Å². The predicted molar refractivity (Wildman–Crippen MR) is 106 cm³/mol. The third-order valence-electron chi connectivity index (χ3n) is 5.03. The van der Waals surface area contributed by atoms with Crippen LogP contribution in [0.3, 0.4) is 0 Å². The Kier molecular flexibility index (Phi) is 6.71. The maximum Gasteiger partial charge on any atom is 0.258 e. The number of rotatable bonds is 8. The first-order valence-electron chi connectivity index (χ1n) is 9.50. The zero-order chi connectivity index (χ0) is 19.1. The van der Waals surface area contributed by atoms with Gasteiger partial charge in [0.05, 0.1) is 13.2 Å². The predicted octanol–water partition coefficient (Wildman–Crippen LogP) is 3.34. The monoisotopic (exact) mass is 368 g/mol. The zero-order valence-electron chi connectivity index (χ0n) is 16.1. The average Bonchev–Trinajstić information content (AvgIpc) is 3.22. The quantitative estimate of drug-likeness (QED) is 0.776. The molecular weight excluding hydrogens is 340 g/mol. The van der Waals surface area contributed by atoms with Crippen molar-refractivity contribution in [3.8, 4) is 11.5 Å². The molecule has 1 heterocycles. The first kappa shape index (κ1) is 19.2. The molecule has 1 N–H and O–H groups in total. The van der Waals surface area contributed by atoms with Crippen LogP contribution in [0.2, 0.25) is 0 Å². The fourth-order valence-corrected chi connectivity index (χ4v) is 3.46. The molecule has 0 aromatic heterocycles. The van der Waals surface area contributed by atoms with Gasteiger partial charge < -0.3 is 14.8 Å². The van der Waals surface area contributed by atoms with Crippen molar-refractivity contribution in [1.29, 1.82) is 0 Å². The summed E-state index contributed by atoms with van der Waals surface area (Å²) < 4.78 is 10.9. The number of likely N-dealkylation sites (tertiary alicyclic amines) is 1. The maximum absolute atomic E-state index is 12.3. The van der Waals surface area contributed by atoms with E-state index in [1.54, 1.807) is 7.11 Å². The van der Waals surface area contributed by atoms with Crippen LogP contribution in [0.25, 0.3) is 0 Å². The smallest absolute Gasteiger partial charge is 0.258 e. The SMILES string of the molecule is COc1ccc([C@@H](CNC(=O)COc2ccccc2C)N2CCCC2)cc1. The lowest BCUT2D eigenvalue weighted by Crippen LogP contribution is -2.38. The molecular formula is C22H28N2O3. The number of carbonyl (C=O) groups excluding carboxylic acids is 1. The molecule has 0 unspecified atom stereocenters. The molecule has 0 bridgehead atoms. The van der Waals surface area contributed by atoms with Gasteiger partial charge in [0, 0.05) is 6.54 Å². The van der Waals surface area contributed by atoms with Gasteiger partial charge in [-0.05, 0) is 62.2 Å². The van der Waals surface area contributed by atoms with Crippen LogP contribution in [0.5, 0.6) is 11.5 Å². The van der Waals surface area contributed by atoms with Gasteiger partial charge in [-0.2, -0.15) is 0 Å². The van der Waals surface area contributed by atoms with Gasteiger partial charge in [-0.3, -0.25) is 9.69 Å². The van der Waals surface area contributed by atoms with Crippen LogP contribution >= 0.6 is 0 Å². The van der Waals surface area contributed by atoms with Crippen LogP contribution in [0.1, 0.15) is 30.0 Å². The zero-order valence-corrected chi connectivity index (χ0v) is 16.1. The molecule has 1 amide bonds. The minimum Gasteiger partial charge on any atom is -0.497 e. The number of nitrogens with zero attached hydrogens (tertiary/aromatic N) is 1. The molecule has 5 nitrogen and oxygen atoms in total. The standard InChI is InChI=1S/C22H28N2O3/c1-17-7-3-4-8-21(17)27-16-22(25)23-15-20(24-13-5-6-14-24)18-9-11-19(26-2)12-10-18/h3-4,7-12,20H,5-6,13-16H2,1-2H3,(H,23,25)/t20-/m1/s1. The van der Waals surface area contributed by atoms with Crippen LogP contribution < -0.4 is 14.8 Å². The summed E-state index contributed by atoms with van der Waals surface area (Å²) in [5, 5.41) is 3.04. The Balaban J connectivity index is 1.58. The van der Waals surface area contributed by atoms with Gasteiger partial charge >= 0.3 is 0 Å². The number of nitrogens with one attached hydrogen (secondary N) is 1. The minimum absolute atomic E-state index is 0.0280.